The van der Waals surface area contributed by atoms with Crippen LogP contribution < -0.4 is 4.74 Å². The van der Waals surface area contributed by atoms with Crippen LogP contribution in [-0.4, -0.2) is 36.6 Å². The highest BCUT2D eigenvalue weighted by molar-refractivity contribution is 14.2. The van der Waals surface area contributed by atoms with Crippen molar-refractivity contribution in [3.05, 3.63) is 35.5 Å². The number of hydrogen-bond acceptors (Lipinski definition) is 7. The van der Waals surface area contributed by atoms with Gasteiger partial charge in [-0.05, 0) is 22.0 Å². The summed E-state index contributed by atoms with van der Waals surface area (Å²) in [6.07, 6.45) is 5.73. The van der Waals surface area contributed by atoms with Crippen molar-refractivity contribution < 1.29 is 4.74 Å². The first-order chi connectivity index (χ1) is 12.2. The van der Waals surface area contributed by atoms with Crippen molar-refractivity contribution in [3.63, 3.8) is 0 Å². The summed E-state index contributed by atoms with van der Waals surface area (Å²) in [7, 11) is 1.55. The highest BCUT2D eigenvalue weighted by atomic mass is 127. The van der Waals surface area contributed by atoms with Crippen molar-refractivity contribution in [2.24, 2.45) is 0 Å². The lowest BCUT2D eigenvalue weighted by atomic mass is 10.1. The van der Waals surface area contributed by atoms with Crippen LogP contribution in [0.15, 0.2) is 30.3 Å². The highest BCUT2D eigenvalue weighted by Crippen LogP contribution is 2.38. The Hall–Kier alpha value is -1.42. The summed E-state index contributed by atoms with van der Waals surface area (Å²) in [6, 6.07) is 1.76. The van der Waals surface area contributed by atoms with Gasteiger partial charge in [0, 0.05) is 24.0 Å². The quantitative estimate of drug-likeness (QED) is 0.233. The Balaban J connectivity index is 1.99. The van der Waals surface area contributed by atoms with E-state index in [1.54, 1.807) is 24.9 Å². The molecule has 0 spiro atoms. The molecule has 11 heteroatoms. The second kappa shape index (κ2) is 7.06. The third kappa shape index (κ3) is 3.10. The smallest absolute Gasteiger partial charge is 0.171 e. The van der Waals surface area contributed by atoms with Crippen LogP contribution in [0.4, 0.5) is 0 Å². The van der Waals surface area contributed by atoms with E-state index >= 15 is 0 Å². The molecule has 0 fully saturated rings. The monoisotopic (exact) mass is 502 g/mol. The number of nitrogens with zero attached hydrogens (tertiary/aromatic N) is 6. The fourth-order valence-corrected chi connectivity index (χ4v) is 4.28. The van der Waals surface area contributed by atoms with Crippen LogP contribution in [0, 0.1) is 0 Å². The van der Waals surface area contributed by atoms with Crippen molar-refractivity contribution >= 4 is 62.4 Å². The molecule has 0 aromatic carbocycles. The number of methoxy groups -OCH3 is 1. The van der Waals surface area contributed by atoms with E-state index in [1.165, 1.54) is 17.7 Å². The van der Waals surface area contributed by atoms with Gasteiger partial charge in [-0.1, -0.05) is 11.6 Å². The van der Waals surface area contributed by atoms with Crippen LogP contribution in [0.1, 0.15) is 0 Å². The van der Waals surface area contributed by atoms with E-state index in [1.807, 2.05) is 10.6 Å². The van der Waals surface area contributed by atoms with Crippen LogP contribution in [0.25, 0.3) is 32.9 Å². The van der Waals surface area contributed by atoms with Gasteiger partial charge < -0.3 is 4.74 Å². The largest absolute Gasteiger partial charge is 0.493 e. The Morgan fingerprint density at radius 3 is 2.92 bits per heavy atom. The van der Waals surface area contributed by atoms with Gasteiger partial charge in [0.15, 0.2) is 10.9 Å². The molecular weight excluding hydrogens is 494 g/mol. The molecule has 7 nitrogen and oxygen atoms in total. The molecule has 4 rings (SSSR count). The van der Waals surface area contributed by atoms with Gasteiger partial charge in [-0.25, -0.2) is 19.4 Å². The van der Waals surface area contributed by atoms with E-state index in [9.17, 15) is 0 Å². The van der Waals surface area contributed by atoms with Crippen LogP contribution in [0.3, 0.4) is 0 Å². The van der Waals surface area contributed by atoms with Crippen LogP contribution in [-0.2, 0) is 0 Å². The molecule has 0 aliphatic rings. The lowest BCUT2D eigenvalue weighted by molar-refractivity contribution is 0.414. The van der Waals surface area contributed by atoms with Gasteiger partial charge in [0.05, 0.1) is 29.4 Å². The Labute approximate surface area is 166 Å². The minimum absolute atomic E-state index is 0.272. The Bertz CT molecular complexity index is 1060. The van der Waals surface area contributed by atoms with E-state index in [0.717, 1.165) is 16.1 Å². The zero-order valence-electron chi connectivity index (χ0n) is 12.6. The van der Waals surface area contributed by atoms with Crippen molar-refractivity contribution in [2.45, 2.75) is 0 Å². The van der Waals surface area contributed by atoms with E-state index in [4.69, 9.17) is 16.3 Å². The first kappa shape index (κ1) is 17.0. The molecule has 0 aliphatic heterocycles. The van der Waals surface area contributed by atoms with Gasteiger partial charge in [-0.15, -0.1) is 11.3 Å². The molecule has 25 heavy (non-hydrogen) atoms. The minimum atomic E-state index is 0.272. The number of ether oxygens (including phenoxy) is 1. The van der Waals surface area contributed by atoms with Crippen LogP contribution in [0.5, 0.6) is 5.75 Å². The number of halogens is 2. The van der Waals surface area contributed by atoms with Crippen LogP contribution >= 0.6 is 51.4 Å². The molecule has 4 aromatic rings. The second-order valence-electron chi connectivity index (χ2n) is 4.86. The molecule has 0 amide bonds. The van der Waals surface area contributed by atoms with Gasteiger partial charge in [0.1, 0.15) is 23.2 Å². The summed E-state index contributed by atoms with van der Waals surface area (Å²) >= 11 is 10.0. The third-order valence-electron chi connectivity index (χ3n) is 3.47. The topological polar surface area (TPSA) is 78.6 Å². The Morgan fingerprint density at radius 1 is 1.32 bits per heavy atom. The molecule has 0 radical (unpaired) electrons. The SMILES string of the molecule is COc1cc2ncnc(-c3cn(PI)nc3-c3cncs3)c2nc1Cl. The maximum atomic E-state index is 6.21. The second-order valence-corrected chi connectivity index (χ2v) is 8.18. The first-order valence-electron chi connectivity index (χ1n) is 6.92. The van der Waals surface area contributed by atoms with Gasteiger partial charge in [-0.2, -0.15) is 5.10 Å². The van der Waals surface area contributed by atoms with Gasteiger partial charge >= 0.3 is 0 Å². The van der Waals surface area contributed by atoms with Crippen molar-refractivity contribution in [1.82, 2.24) is 29.5 Å². The molecule has 0 saturated carbocycles. The number of fused-ring (bicyclic) bond motifs is 1. The predicted octanol–water partition coefficient (Wildman–Crippen LogP) is 4.47. The van der Waals surface area contributed by atoms with E-state index < -0.39 is 0 Å². The maximum absolute atomic E-state index is 6.21. The third-order valence-corrected chi connectivity index (χ3v) is 6.41. The number of hydrogen-bond donors (Lipinski definition) is 0. The van der Waals surface area contributed by atoms with E-state index in [0.29, 0.717) is 28.9 Å². The minimum Gasteiger partial charge on any atom is -0.493 e. The Morgan fingerprint density at radius 2 is 2.20 bits per heavy atom. The fourth-order valence-electron chi connectivity index (χ4n) is 2.39. The summed E-state index contributed by atoms with van der Waals surface area (Å²) in [4.78, 5) is 18.3. The standard InChI is InChI=1S/C14H9ClIN6OPS/c1-23-9-2-8-13(20-14(9)15)12(19-5-18-8)7-4-22(24-16)21-11(7)10-3-17-6-25-10/h2-6,24H,1H3. The molecule has 126 valence electrons. The Kier molecular flexibility index (Phi) is 4.81. The number of rotatable bonds is 4. The predicted molar refractivity (Wildman–Crippen MR) is 109 cm³/mol. The first-order valence-corrected chi connectivity index (χ1v) is 12.2. The summed E-state index contributed by atoms with van der Waals surface area (Å²) in [5.41, 5.74) is 5.41. The number of thiazole rings is 1. The normalized spacial score (nSPS) is 11.6. The molecule has 0 bridgehead atoms. The molecule has 0 aliphatic carbocycles. The van der Waals surface area contributed by atoms with Crippen molar-refractivity contribution in [2.75, 3.05) is 7.11 Å². The summed E-state index contributed by atoms with van der Waals surface area (Å²) in [6.45, 7) is 0. The molecule has 1 unspecified atom stereocenters. The average molecular weight is 503 g/mol. The van der Waals surface area contributed by atoms with Gasteiger partial charge in [0.2, 0.25) is 0 Å². The van der Waals surface area contributed by atoms with Gasteiger partial charge in [-0.3, -0.25) is 4.98 Å². The molecule has 1 atom stereocenters. The van der Waals surface area contributed by atoms with Crippen molar-refractivity contribution in [3.8, 4) is 27.6 Å². The zero-order valence-corrected chi connectivity index (χ0v) is 17.4. The van der Waals surface area contributed by atoms with E-state index in [2.05, 4.69) is 47.1 Å². The summed E-state index contributed by atoms with van der Waals surface area (Å²) < 4.78 is 7.10. The number of aromatic nitrogens is 6. The average Bonchev–Trinajstić information content (AvgIpc) is 3.29. The lowest BCUT2D eigenvalue weighted by Gasteiger charge is -2.07. The molecular formula is C14H9ClIN6OPS. The number of pyridine rings is 1. The summed E-state index contributed by atoms with van der Waals surface area (Å²) in [5, 5.41) is 4.93. The van der Waals surface area contributed by atoms with E-state index in [-0.39, 0.29) is 5.15 Å². The highest BCUT2D eigenvalue weighted by Gasteiger charge is 2.19. The zero-order chi connectivity index (χ0) is 17.4. The van der Waals surface area contributed by atoms with Crippen molar-refractivity contribution in [1.29, 1.82) is 0 Å². The summed E-state index contributed by atoms with van der Waals surface area (Å²) in [5.74, 6) is 0.478. The van der Waals surface area contributed by atoms with Gasteiger partial charge in [0.25, 0.3) is 0 Å². The molecule has 4 heterocycles. The molecule has 0 N–H and O–H groups in total. The molecule has 4 aromatic heterocycles. The maximum Gasteiger partial charge on any atom is 0.171 e. The lowest BCUT2D eigenvalue weighted by Crippen LogP contribution is -1.95. The fraction of sp³-hybridized carbons (Fsp3) is 0.0714. The molecule has 0 saturated heterocycles. The van der Waals surface area contributed by atoms with Crippen LogP contribution in [0.2, 0.25) is 5.15 Å².